The van der Waals surface area contributed by atoms with E-state index in [2.05, 4.69) is 37.5 Å². The van der Waals surface area contributed by atoms with Crippen LogP contribution in [-0.2, 0) is 4.79 Å². The number of carbonyl (C=O) groups is 1. The lowest BCUT2D eigenvalue weighted by Crippen LogP contribution is -2.61. The highest BCUT2D eigenvalue weighted by molar-refractivity contribution is 5.76. The summed E-state index contributed by atoms with van der Waals surface area (Å²) in [6.45, 7) is 14.7. The first-order valence-electron chi connectivity index (χ1n) is 8.40. The van der Waals surface area contributed by atoms with Crippen LogP contribution in [0.3, 0.4) is 0 Å². The van der Waals surface area contributed by atoms with Crippen molar-refractivity contribution in [3.63, 3.8) is 0 Å². The second-order valence-corrected chi connectivity index (χ2v) is 7.88. The minimum atomic E-state index is 0.381. The van der Waals surface area contributed by atoms with Crippen molar-refractivity contribution >= 4 is 5.91 Å². The Bertz CT molecular complexity index is 322. The molecule has 20 heavy (non-hydrogen) atoms. The van der Waals surface area contributed by atoms with E-state index in [-0.39, 0.29) is 0 Å². The van der Waals surface area contributed by atoms with Gasteiger partial charge in [-0.1, -0.05) is 27.7 Å². The second-order valence-electron chi connectivity index (χ2n) is 7.88. The van der Waals surface area contributed by atoms with E-state index in [4.69, 9.17) is 0 Å². The third-order valence-electron chi connectivity index (χ3n) is 4.85. The van der Waals surface area contributed by atoms with Gasteiger partial charge in [0.25, 0.3) is 0 Å². The molecule has 0 aromatic carbocycles. The van der Waals surface area contributed by atoms with Gasteiger partial charge in [0.15, 0.2) is 0 Å². The molecule has 0 bridgehead atoms. The van der Waals surface area contributed by atoms with E-state index in [1.807, 2.05) is 0 Å². The summed E-state index contributed by atoms with van der Waals surface area (Å²) in [6, 6.07) is 0. The summed E-state index contributed by atoms with van der Waals surface area (Å²) in [5.41, 5.74) is 0.545. The van der Waals surface area contributed by atoms with E-state index >= 15 is 0 Å². The zero-order chi connectivity index (χ0) is 14.8. The smallest absolute Gasteiger partial charge is 0.222 e. The van der Waals surface area contributed by atoms with Crippen LogP contribution in [0.2, 0.25) is 0 Å². The number of hydrogen-bond donors (Lipinski definition) is 0. The minimum absolute atomic E-state index is 0.381. The molecule has 0 unspecified atom stereocenters. The SMILES string of the molecule is CC(C)CCC(=O)N1CCC2(CC1)CN(CC(C)C)C2. The summed E-state index contributed by atoms with van der Waals surface area (Å²) in [5.74, 6) is 1.78. The van der Waals surface area contributed by atoms with Gasteiger partial charge in [0, 0.05) is 39.1 Å². The van der Waals surface area contributed by atoms with Crippen LogP contribution in [-0.4, -0.2) is 48.4 Å². The summed E-state index contributed by atoms with van der Waals surface area (Å²) in [6.07, 6.45) is 4.21. The van der Waals surface area contributed by atoms with Gasteiger partial charge in [0.2, 0.25) is 5.91 Å². The maximum atomic E-state index is 12.1. The van der Waals surface area contributed by atoms with E-state index in [9.17, 15) is 4.79 Å². The molecule has 1 amide bonds. The van der Waals surface area contributed by atoms with Crippen molar-refractivity contribution in [2.75, 3.05) is 32.7 Å². The zero-order valence-corrected chi connectivity index (χ0v) is 13.8. The van der Waals surface area contributed by atoms with Crippen LogP contribution < -0.4 is 0 Å². The van der Waals surface area contributed by atoms with Gasteiger partial charge in [-0.05, 0) is 36.5 Å². The maximum absolute atomic E-state index is 12.1. The van der Waals surface area contributed by atoms with Crippen LogP contribution in [0.5, 0.6) is 0 Å². The molecular weight excluding hydrogens is 248 g/mol. The van der Waals surface area contributed by atoms with Gasteiger partial charge in [-0.2, -0.15) is 0 Å². The summed E-state index contributed by atoms with van der Waals surface area (Å²) in [7, 11) is 0. The quantitative estimate of drug-likeness (QED) is 0.773. The number of carbonyl (C=O) groups excluding carboxylic acids is 1. The van der Waals surface area contributed by atoms with E-state index in [0.29, 0.717) is 17.2 Å². The molecule has 0 aliphatic carbocycles. The Morgan fingerprint density at radius 2 is 1.65 bits per heavy atom. The lowest BCUT2D eigenvalue weighted by atomic mass is 9.71. The fourth-order valence-electron chi connectivity index (χ4n) is 3.66. The van der Waals surface area contributed by atoms with Gasteiger partial charge < -0.3 is 9.80 Å². The van der Waals surface area contributed by atoms with Gasteiger partial charge in [-0.25, -0.2) is 0 Å². The molecule has 2 aliphatic heterocycles. The highest BCUT2D eigenvalue weighted by Gasteiger charge is 2.45. The molecule has 0 atom stereocenters. The summed E-state index contributed by atoms with van der Waals surface area (Å²) in [5, 5.41) is 0. The van der Waals surface area contributed by atoms with Crippen molar-refractivity contribution in [3.05, 3.63) is 0 Å². The van der Waals surface area contributed by atoms with Crippen LogP contribution in [0, 0.1) is 17.3 Å². The number of nitrogens with zero attached hydrogens (tertiary/aromatic N) is 2. The summed E-state index contributed by atoms with van der Waals surface area (Å²) >= 11 is 0. The first-order chi connectivity index (χ1) is 9.40. The second kappa shape index (κ2) is 6.46. The Hall–Kier alpha value is -0.570. The zero-order valence-electron chi connectivity index (χ0n) is 13.8. The molecule has 0 saturated carbocycles. The van der Waals surface area contributed by atoms with Crippen LogP contribution in [0.25, 0.3) is 0 Å². The fraction of sp³-hybridized carbons (Fsp3) is 0.941. The van der Waals surface area contributed by atoms with E-state index < -0.39 is 0 Å². The van der Waals surface area contributed by atoms with Gasteiger partial charge in [0.1, 0.15) is 0 Å². The van der Waals surface area contributed by atoms with Crippen LogP contribution in [0.4, 0.5) is 0 Å². The molecule has 3 heteroatoms. The Kier molecular flexibility index (Phi) is 5.11. The van der Waals surface area contributed by atoms with Crippen molar-refractivity contribution in [2.24, 2.45) is 17.3 Å². The van der Waals surface area contributed by atoms with Crippen LogP contribution in [0.15, 0.2) is 0 Å². The van der Waals surface area contributed by atoms with E-state index in [0.717, 1.165) is 31.8 Å². The Balaban J connectivity index is 1.70. The third kappa shape index (κ3) is 3.97. The maximum Gasteiger partial charge on any atom is 0.222 e. The van der Waals surface area contributed by atoms with Crippen molar-refractivity contribution in [3.8, 4) is 0 Å². The molecular formula is C17H32N2O. The topological polar surface area (TPSA) is 23.6 Å². The standard InChI is InChI=1S/C17H32N2O/c1-14(2)5-6-16(20)19-9-7-17(8-10-19)12-18(13-17)11-15(3)4/h14-15H,5-13H2,1-4H3. The van der Waals surface area contributed by atoms with Crippen molar-refractivity contribution < 1.29 is 4.79 Å². The molecule has 2 fully saturated rings. The molecule has 2 rings (SSSR count). The molecule has 2 saturated heterocycles. The minimum Gasteiger partial charge on any atom is -0.343 e. The van der Waals surface area contributed by atoms with Crippen LogP contribution in [0.1, 0.15) is 53.4 Å². The first-order valence-corrected chi connectivity index (χ1v) is 8.40. The largest absolute Gasteiger partial charge is 0.343 e. The number of piperidine rings is 1. The van der Waals surface area contributed by atoms with Gasteiger partial charge in [-0.3, -0.25) is 4.79 Å². The molecule has 2 heterocycles. The lowest BCUT2D eigenvalue weighted by Gasteiger charge is -2.54. The predicted octanol–water partition coefficient (Wildman–Crippen LogP) is 3.00. The van der Waals surface area contributed by atoms with E-state index in [1.165, 1.54) is 32.5 Å². The third-order valence-corrected chi connectivity index (χ3v) is 4.85. The number of rotatable bonds is 5. The number of likely N-dealkylation sites (tertiary alicyclic amines) is 2. The lowest BCUT2D eigenvalue weighted by molar-refractivity contribution is -0.136. The molecule has 2 aliphatic rings. The summed E-state index contributed by atoms with van der Waals surface area (Å²) in [4.78, 5) is 16.8. The monoisotopic (exact) mass is 280 g/mol. The molecule has 0 aromatic heterocycles. The Morgan fingerprint density at radius 3 is 2.15 bits per heavy atom. The average molecular weight is 280 g/mol. The molecule has 0 aromatic rings. The van der Waals surface area contributed by atoms with Gasteiger partial charge in [0.05, 0.1) is 0 Å². The molecule has 1 spiro atoms. The summed E-state index contributed by atoms with van der Waals surface area (Å²) < 4.78 is 0. The molecule has 0 N–H and O–H groups in total. The Labute approximate surface area is 124 Å². The highest BCUT2D eigenvalue weighted by atomic mass is 16.2. The van der Waals surface area contributed by atoms with Gasteiger partial charge >= 0.3 is 0 Å². The molecule has 3 nitrogen and oxygen atoms in total. The Morgan fingerprint density at radius 1 is 1.05 bits per heavy atom. The first kappa shape index (κ1) is 15.8. The van der Waals surface area contributed by atoms with Crippen molar-refractivity contribution in [1.82, 2.24) is 9.80 Å². The number of hydrogen-bond acceptors (Lipinski definition) is 2. The molecule has 116 valence electrons. The van der Waals surface area contributed by atoms with Gasteiger partial charge in [-0.15, -0.1) is 0 Å². The average Bonchev–Trinajstić information content (AvgIpc) is 2.34. The number of amides is 1. The fourth-order valence-corrected chi connectivity index (χ4v) is 3.66. The highest BCUT2D eigenvalue weighted by Crippen LogP contribution is 2.40. The molecule has 0 radical (unpaired) electrons. The normalized spacial score (nSPS) is 22.6. The van der Waals surface area contributed by atoms with Crippen LogP contribution >= 0.6 is 0 Å². The van der Waals surface area contributed by atoms with E-state index in [1.54, 1.807) is 0 Å². The van der Waals surface area contributed by atoms with Crippen molar-refractivity contribution in [2.45, 2.75) is 53.4 Å². The predicted molar refractivity (Wildman–Crippen MR) is 83.6 cm³/mol. The van der Waals surface area contributed by atoms with Crippen molar-refractivity contribution in [1.29, 1.82) is 0 Å².